The van der Waals surface area contributed by atoms with E-state index in [1.54, 1.807) is 12.1 Å². The van der Waals surface area contributed by atoms with Gasteiger partial charge in [-0.05, 0) is 47.2 Å². The summed E-state index contributed by atoms with van der Waals surface area (Å²) >= 11 is 2.13. The van der Waals surface area contributed by atoms with Gasteiger partial charge in [-0.25, -0.2) is 0 Å². The zero-order valence-corrected chi connectivity index (χ0v) is 10.1. The highest BCUT2D eigenvalue weighted by Crippen LogP contribution is 2.20. The number of benzene rings is 1. The minimum absolute atomic E-state index is 0.449. The standard InChI is InChI=1S/C10H12INO2/c1-2-5-14-9-4-3-7(11)6-8(9)10(12)13/h3-4,6H,2,5H2,1H3,(H2,12,13). The van der Waals surface area contributed by atoms with Crippen LogP contribution in [0.1, 0.15) is 23.7 Å². The van der Waals surface area contributed by atoms with Crippen LogP contribution in [-0.4, -0.2) is 12.5 Å². The van der Waals surface area contributed by atoms with Gasteiger partial charge in [0.05, 0.1) is 12.2 Å². The van der Waals surface area contributed by atoms with Crippen molar-refractivity contribution in [1.29, 1.82) is 0 Å². The van der Waals surface area contributed by atoms with Gasteiger partial charge in [0, 0.05) is 3.57 Å². The van der Waals surface area contributed by atoms with Crippen LogP contribution in [0.2, 0.25) is 0 Å². The Hall–Kier alpha value is -0.780. The lowest BCUT2D eigenvalue weighted by Crippen LogP contribution is -2.13. The van der Waals surface area contributed by atoms with Crippen LogP contribution in [0.15, 0.2) is 18.2 Å². The maximum atomic E-state index is 11.1. The summed E-state index contributed by atoms with van der Waals surface area (Å²) in [7, 11) is 0. The molecule has 1 rings (SSSR count). The van der Waals surface area contributed by atoms with Crippen LogP contribution in [0.25, 0.3) is 0 Å². The number of primary amides is 1. The molecule has 76 valence electrons. The summed E-state index contributed by atoms with van der Waals surface area (Å²) in [5, 5.41) is 0. The van der Waals surface area contributed by atoms with E-state index in [1.807, 2.05) is 13.0 Å². The molecule has 0 saturated heterocycles. The lowest BCUT2D eigenvalue weighted by Gasteiger charge is -2.08. The maximum absolute atomic E-state index is 11.1. The highest BCUT2D eigenvalue weighted by molar-refractivity contribution is 14.1. The Bertz CT molecular complexity index is 339. The smallest absolute Gasteiger partial charge is 0.252 e. The van der Waals surface area contributed by atoms with Crippen LogP contribution in [-0.2, 0) is 0 Å². The Labute approximate surface area is 96.8 Å². The first-order valence-corrected chi connectivity index (χ1v) is 5.45. The van der Waals surface area contributed by atoms with Gasteiger partial charge < -0.3 is 10.5 Å². The Balaban J connectivity index is 2.96. The number of carbonyl (C=O) groups excluding carboxylic acids is 1. The molecule has 0 aliphatic carbocycles. The molecule has 0 bridgehead atoms. The summed E-state index contributed by atoms with van der Waals surface area (Å²) in [6.07, 6.45) is 0.907. The van der Waals surface area contributed by atoms with Crippen molar-refractivity contribution in [3.05, 3.63) is 27.3 Å². The molecule has 1 amide bonds. The molecule has 0 fully saturated rings. The second-order valence-electron chi connectivity index (χ2n) is 2.85. The van der Waals surface area contributed by atoms with Crippen molar-refractivity contribution >= 4 is 28.5 Å². The Morgan fingerprint density at radius 1 is 1.57 bits per heavy atom. The van der Waals surface area contributed by atoms with E-state index >= 15 is 0 Å². The van der Waals surface area contributed by atoms with E-state index in [2.05, 4.69) is 22.6 Å². The number of nitrogens with two attached hydrogens (primary N) is 1. The van der Waals surface area contributed by atoms with Gasteiger partial charge in [-0.15, -0.1) is 0 Å². The van der Waals surface area contributed by atoms with Crippen LogP contribution >= 0.6 is 22.6 Å². The fraction of sp³-hybridized carbons (Fsp3) is 0.300. The first-order valence-electron chi connectivity index (χ1n) is 4.37. The molecular weight excluding hydrogens is 293 g/mol. The molecule has 0 unspecified atom stereocenters. The van der Waals surface area contributed by atoms with Crippen molar-refractivity contribution < 1.29 is 9.53 Å². The third-order valence-electron chi connectivity index (χ3n) is 1.67. The molecule has 0 aromatic heterocycles. The van der Waals surface area contributed by atoms with Crippen molar-refractivity contribution in [3.63, 3.8) is 0 Å². The zero-order chi connectivity index (χ0) is 10.6. The normalized spacial score (nSPS) is 9.86. The molecule has 0 aliphatic heterocycles. The third kappa shape index (κ3) is 2.87. The molecule has 14 heavy (non-hydrogen) atoms. The highest BCUT2D eigenvalue weighted by atomic mass is 127. The molecule has 3 nitrogen and oxygen atoms in total. The van der Waals surface area contributed by atoms with E-state index in [1.165, 1.54) is 0 Å². The van der Waals surface area contributed by atoms with Crippen molar-refractivity contribution in [3.8, 4) is 5.75 Å². The highest BCUT2D eigenvalue weighted by Gasteiger charge is 2.09. The van der Waals surface area contributed by atoms with E-state index in [-0.39, 0.29) is 0 Å². The molecule has 4 heteroatoms. The van der Waals surface area contributed by atoms with E-state index in [9.17, 15) is 4.79 Å². The fourth-order valence-corrected chi connectivity index (χ4v) is 1.52. The largest absolute Gasteiger partial charge is 0.493 e. The predicted octanol–water partition coefficient (Wildman–Crippen LogP) is 2.18. The molecule has 0 saturated carbocycles. The molecule has 0 spiro atoms. The molecule has 0 aliphatic rings. The second-order valence-corrected chi connectivity index (χ2v) is 4.10. The second kappa shape index (κ2) is 5.19. The number of carbonyl (C=O) groups is 1. The number of hydrogen-bond acceptors (Lipinski definition) is 2. The van der Waals surface area contributed by atoms with Crippen LogP contribution in [0.5, 0.6) is 5.75 Å². The van der Waals surface area contributed by atoms with Gasteiger partial charge in [-0.2, -0.15) is 0 Å². The van der Waals surface area contributed by atoms with Crippen molar-refractivity contribution in [2.75, 3.05) is 6.61 Å². The number of rotatable bonds is 4. The summed E-state index contributed by atoms with van der Waals surface area (Å²) in [4.78, 5) is 11.1. The van der Waals surface area contributed by atoms with Crippen LogP contribution in [0.4, 0.5) is 0 Å². The van der Waals surface area contributed by atoms with E-state index in [0.717, 1.165) is 9.99 Å². The zero-order valence-electron chi connectivity index (χ0n) is 7.92. The van der Waals surface area contributed by atoms with Gasteiger partial charge in [-0.1, -0.05) is 6.92 Å². The molecule has 2 N–H and O–H groups in total. The first-order chi connectivity index (χ1) is 6.65. The lowest BCUT2D eigenvalue weighted by atomic mass is 10.2. The first kappa shape index (κ1) is 11.3. The topological polar surface area (TPSA) is 52.3 Å². The Kier molecular flexibility index (Phi) is 4.19. The fourth-order valence-electron chi connectivity index (χ4n) is 1.03. The Morgan fingerprint density at radius 2 is 2.29 bits per heavy atom. The number of hydrogen-bond donors (Lipinski definition) is 1. The van der Waals surface area contributed by atoms with Crippen molar-refractivity contribution in [1.82, 2.24) is 0 Å². The summed E-state index contributed by atoms with van der Waals surface area (Å²) < 4.78 is 6.37. The monoisotopic (exact) mass is 305 g/mol. The molecular formula is C10H12INO2. The molecule has 1 aromatic carbocycles. The number of ether oxygens (including phenoxy) is 1. The SMILES string of the molecule is CCCOc1ccc(I)cc1C(N)=O. The summed E-state index contributed by atoms with van der Waals surface area (Å²) in [5.41, 5.74) is 5.68. The van der Waals surface area contributed by atoms with Gasteiger partial charge in [0.25, 0.3) is 5.91 Å². The number of amides is 1. The molecule has 0 atom stereocenters. The van der Waals surface area contributed by atoms with Crippen molar-refractivity contribution in [2.24, 2.45) is 5.73 Å². The molecule has 1 aromatic rings. The number of halogens is 1. The van der Waals surface area contributed by atoms with Gasteiger partial charge in [0.1, 0.15) is 5.75 Å². The average Bonchev–Trinajstić information content (AvgIpc) is 2.15. The Morgan fingerprint density at radius 3 is 2.86 bits per heavy atom. The van der Waals surface area contributed by atoms with Gasteiger partial charge in [0.2, 0.25) is 0 Å². The van der Waals surface area contributed by atoms with Crippen molar-refractivity contribution in [2.45, 2.75) is 13.3 Å². The van der Waals surface area contributed by atoms with Crippen LogP contribution in [0, 0.1) is 3.57 Å². The third-order valence-corrected chi connectivity index (χ3v) is 2.34. The molecule has 0 radical (unpaired) electrons. The summed E-state index contributed by atoms with van der Waals surface area (Å²) in [6, 6.07) is 5.39. The minimum Gasteiger partial charge on any atom is -0.493 e. The quantitative estimate of drug-likeness (QED) is 0.867. The van der Waals surface area contributed by atoms with E-state index < -0.39 is 5.91 Å². The van der Waals surface area contributed by atoms with Crippen LogP contribution in [0.3, 0.4) is 0 Å². The van der Waals surface area contributed by atoms with Crippen LogP contribution < -0.4 is 10.5 Å². The minimum atomic E-state index is -0.449. The van der Waals surface area contributed by atoms with E-state index in [4.69, 9.17) is 10.5 Å². The summed E-state index contributed by atoms with van der Waals surface area (Å²) in [6.45, 7) is 2.61. The maximum Gasteiger partial charge on any atom is 0.252 e. The van der Waals surface area contributed by atoms with Gasteiger partial charge in [0.15, 0.2) is 0 Å². The molecule has 0 heterocycles. The van der Waals surface area contributed by atoms with Gasteiger partial charge in [-0.3, -0.25) is 4.79 Å². The van der Waals surface area contributed by atoms with E-state index in [0.29, 0.717) is 17.9 Å². The predicted molar refractivity (Wildman–Crippen MR) is 63.5 cm³/mol. The van der Waals surface area contributed by atoms with Gasteiger partial charge >= 0.3 is 0 Å². The average molecular weight is 305 g/mol. The summed E-state index contributed by atoms with van der Waals surface area (Å²) in [5.74, 6) is 0.120. The lowest BCUT2D eigenvalue weighted by molar-refractivity contribution is 0.0996.